The minimum atomic E-state index is -0.291. The van der Waals surface area contributed by atoms with E-state index in [0.29, 0.717) is 22.1 Å². The van der Waals surface area contributed by atoms with Crippen molar-refractivity contribution in [1.29, 1.82) is 0 Å². The van der Waals surface area contributed by atoms with Crippen molar-refractivity contribution in [3.05, 3.63) is 52.4 Å². The molecule has 0 unspecified atom stereocenters. The van der Waals surface area contributed by atoms with Crippen molar-refractivity contribution in [3.63, 3.8) is 0 Å². The molecule has 0 N–H and O–H groups in total. The molecular formula is C13H9N3O. The topological polar surface area (TPSA) is 55.7 Å². The first-order chi connectivity index (χ1) is 8.24. The summed E-state index contributed by atoms with van der Waals surface area (Å²) in [5.74, 6) is 0. The lowest BCUT2D eigenvalue weighted by Gasteiger charge is -1.91. The maximum absolute atomic E-state index is 11.9. The van der Waals surface area contributed by atoms with Crippen molar-refractivity contribution in [2.24, 2.45) is 0 Å². The minimum absolute atomic E-state index is 0.291. The molecule has 2 heterocycles. The number of aromatic nitrogens is 3. The molecule has 2 aromatic heterocycles. The second kappa shape index (κ2) is 3.59. The van der Waals surface area contributed by atoms with E-state index in [1.807, 2.05) is 25.1 Å². The molecule has 82 valence electrons. The molecule has 17 heavy (non-hydrogen) atoms. The van der Waals surface area contributed by atoms with Crippen molar-refractivity contribution in [2.45, 2.75) is 6.92 Å². The van der Waals surface area contributed by atoms with Crippen LogP contribution in [0, 0.1) is 6.92 Å². The van der Waals surface area contributed by atoms with E-state index in [4.69, 9.17) is 0 Å². The number of nitrogens with zero attached hydrogens (tertiary/aromatic N) is 3. The van der Waals surface area contributed by atoms with Crippen LogP contribution in [0.3, 0.4) is 0 Å². The van der Waals surface area contributed by atoms with E-state index >= 15 is 0 Å². The van der Waals surface area contributed by atoms with Crippen molar-refractivity contribution >= 4 is 22.1 Å². The quantitative estimate of drug-likeness (QED) is 0.583. The highest BCUT2D eigenvalue weighted by Gasteiger charge is 2.03. The zero-order valence-corrected chi connectivity index (χ0v) is 9.21. The maximum atomic E-state index is 11.9. The largest absolute Gasteiger partial charge is 0.281 e. The summed E-state index contributed by atoms with van der Waals surface area (Å²) >= 11 is 0. The normalized spacial score (nSPS) is 10.9. The third-order valence-electron chi connectivity index (χ3n) is 2.57. The molecule has 0 atom stereocenters. The lowest BCUT2D eigenvalue weighted by molar-refractivity contribution is 1.22. The number of hydrogen-bond acceptors (Lipinski definition) is 4. The van der Waals surface area contributed by atoms with E-state index in [1.165, 1.54) is 0 Å². The van der Waals surface area contributed by atoms with Crippen molar-refractivity contribution in [3.8, 4) is 0 Å². The van der Waals surface area contributed by atoms with Crippen LogP contribution in [-0.2, 0) is 0 Å². The van der Waals surface area contributed by atoms with Crippen molar-refractivity contribution < 1.29 is 0 Å². The van der Waals surface area contributed by atoms with E-state index < -0.39 is 0 Å². The van der Waals surface area contributed by atoms with Gasteiger partial charge < -0.3 is 0 Å². The fourth-order valence-electron chi connectivity index (χ4n) is 1.73. The number of rotatable bonds is 0. The second-order valence-electron chi connectivity index (χ2n) is 3.84. The Kier molecular flexibility index (Phi) is 2.08. The van der Waals surface area contributed by atoms with Crippen LogP contribution in [0.4, 0.5) is 0 Å². The third-order valence-corrected chi connectivity index (χ3v) is 2.57. The highest BCUT2D eigenvalue weighted by Crippen LogP contribution is 2.09. The van der Waals surface area contributed by atoms with E-state index in [9.17, 15) is 4.79 Å². The summed E-state index contributed by atoms with van der Waals surface area (Å²) in [5.41, 5.74) is 2.26. The van der Waals surface area contributed by atoms with Crippen molar-refractivity contribution in [1.82, 2.24) is 15.0 Å². The summed E-state index contributed by atoms with van der Waals surface area (Å²) in [7, 11) is 0. The lowest BCUT2D eigenvalue weighted by Crippen LogP contribution is -2.02. The predicted molar refractivity (Wildman–Crippen MR) is 65.8 cm³/mol. The molecule has 0 aliphatic rings. The van der Waals surface area contributed by atoms with Crippen LogP contribution in [0.25, 0.3) is 22.1 Å². The predicted octanol–water partition coefficient (Wildman–Crippen LogP) is 1.85. The molecule has 0 saturated carbocycles. The maximum Gasteiger partial charge on any atom is 0.281 e. The van der Waals surface area contributed by atoms with Crippen LogP contribution in [-0.4, -0.2) is 15.0 Å². The fourth-order valence-corrected chi connectivity index (χ4v) is 1.73. The van der Waals surface area contributed by atoms with Gasteiger partial charge in [0.1, 0.15) is 0 Å². The van der Waals surface area contributed by atoms with Gasteiger partial charge in [-0.2, -0.15) is 0 Å². The number of pyridine rings is 1. The molecule has 0 spiro atoms. The zero-order chi connectivity index (χ0) is 11.8. The van der Waals surface area contributed by atoms with Crippen LogP contribution in [0.2, 0.25) is 0 Å². The molecule has 4 heteroatoms. The average Bonchev–Trinajstić information content (AvgIpc) is 2.44. The van der Waals surface area contributed by atoms with E-state index in [1.54, 1.807) is 18.2 Å². The van der Waals surface area contributed by atoms with Gasteiger partial charge in [0.25, 0.3) is 5.56 Å². The monoisotopic (exact) mass is 223 g/mol. The molecule has 0 fully saturated rings. The summed E-state index contributed by atoms with van der Waals surface area (Å²) in [6.07, 6.45) is 0. The lowest BCUT2D eigenvalue weighted by atomic mass is 10.3. The number of aryl methyl sites for hydroxylation is 1. The van der Waals surface area contributed by atoms with E-state index in [0.717, 1.165) is 5.69 Å². The molecule has 1 aromatic carbocycles. The Hall–Kier alpha value is -2.36. The van der Waals surface area contributed by atoms with Gasteiger partial charge in [0.2, 0.25) is 0 Å². The fraction of sp³-hybridized carbons (Fsp3) is 0.0769. The first kappa shape index (κ1) is 9.84. The van der Waals surface area contributed by atoms with Crippen LogP contribution < -0.4 is 5.56 Å². The zero-order valence-electron chi connectivity index (χ0n) is 9.21. The highest BCUT2D eigenvalue weighted by molar-refractivity contribution is 5.81. The van der Waals surface area contributed by atoms with Gasteiger partial charge in [-0.3, -0.25) is 4.79 Å². The van der Waals surface area contributed by atoms with Gasteiger partial charge >= 0.3 is 0 Å². The summed E-state index contributed by atoms with van der Waals surface area (Å²) in [4.78, 5) is 24.6. The Morgan fingerprint density at radius 1 is 0.882 bits per heavy atom. The molecule has 3 aromatic rings. The van der Waals surface area contributed by atoms with Crippen LogP contribution >= 0.6 is 0 Å². The molecule has 4 nitrogen and oxygen atoms in total. The second-order valence-corrected chi connectivity index (χ2v) is 3.84. The smallest absolute Gasteiger partial charge is 0.267 e. The number of para-hydroxylation sites is 2. The first-order valence-corrected chi connectivity index (χ1v) is 5.28. The van der Waals surface area contributed by atoms with E-state index in [-0.39, 0.29) is 5.56 Å². The van der Waals surface area contributed by atoms with Gasteiger partial charge in [-0.15, -0.1) is 0 Å². The van der Waals surface area contributed by atoms with Gasteiger partial charge in [-0.1, -0.05) is 12.1 Å². The highest BCUT2D eigenvalue weighted by atomic mass is 16.1. The average molecular weight is 223 g/mol. The van der Waals surface area contributed by atoms with Gasteiger partial charge in [0.15, 0.2) is 5.65 Å². The Morgan fingerprint density at radius 3 is 2.35 bits per heavy atom. The molecule has 3 rings (SSSR count). The number of fused-ring (bicyclic) bond motifs is 2. The molecule has 0 amide bonds. The molecular weight excluding hydrogens is 214 g/mol. The van der Waals surface area contributed by atoms with Gasteiger partial charge in [-0.25, -0.2) is 15.0 Å². The summed E-state index contributed by atoms with van der Waals surface area (Å²) in [6, 6.07) is 10.8. The van der Waals surface area contributed by atoms with Gasteiger partial charge in [0, 0.05) is 5.69 Å². The Bertz CT molecular complexity index is 784. The number of hydrogen-bond donors (Lipinski definition) is 0. The van der Waals surface area contributed by atoms with E-state index in [2.05, 4.69) is 15.0 Å². The van der Waals surface area contributed by atoms with Crippen LogP contribution in [0.15, 0.2) is 41.2 Å². The SMILES string of the molecule is Cc1ccc2c(=O)nc3ccccc3nc2n1. The Balaban J connectivity index is 2.62. The molecule has 0 saturated heterocycles. The summed E-state index contributed by atoms with van der Waals surface area (Å²) in [6.45, 7) is 1.87. The van der Waals surface area contributed by atoms with Crippen LogP contribution in [0.1, 0.15) is 5.69 Å². The molecule has 0 aliphatic heterocycles. The van der Waals surface area contributed by atoms with Crippen molar-refractivity contribution in [2.75, 3.05) is 0 Å². The first-order valence-electron chi connectivity index (χ1n) is 5.28. The summed E-state index contributed by atoms with van der Waals surface area (Å²) in [5, 5.41) is 0.451. The Labute approximate surface area is 97.0 Å². The third kappa shape index (κ3) is 1.63. The van der Waals surface area contributed by atoms with Gasteiger partial charge in [0.05, 0.1) is 16.4 Å². The summed E-state index contributed by atoms with van der Waals surface area (Å²) < 4.78 is 0. The molecule has 0 radical (unpaired) electrons. The Morgan fingerprint density at radius 2 is 1.59 bits per heavy atom. The van der Waals surface area contributed by atoms with Gasteiger partial charge in [-0.05, 0) is 31.2 Å². The van der Waals surface area contributed by atoms with Crippen LogP contribution in [0.5, 0.6) is 0 Å². The molecule has 0 bridgehead atoms. The number of benzene rings is 1. The standard InChI is InChI=1S/C13H9N3O/c1-8-6-7-9-12(14-8)15-10-4-2-3-5-11(10)16-13(9)17/h2-7H,1H3. The molecule has 0 aliphatic carbocycles. The minimum Gasteiger partial charge on any atom is -0.267 e.